The smallest absolute Gasteiger partial charge is 0.263 e. The molecule has 21 heavy (non-hydrogen) atoms. The van der Waals surface area contributed by atoms with Crippen molar-refractivity contribution in [2.45, 2.75) is 4.90 Å². The molecule has 0 unspecified atom stereocenters. The zero-order chi connectivity index (χ0) is 15.8. The molecule has 0 aliphatic carbocycles. The van der Waals surface area contributed by atoms with Crippen LogP contribution in [0.5, 0.6) is 0 Å². The number of halogens is 4. The minimum absolute atomic E-state index is 0.0715. The molecule has 0 fully saturated rings. The van der Waals surface area contributed by atoms with Crippen molar-refractivity contribution in [3.8, 4) is 0 Å². The van der Waals surface area contributed by atoms with E-state index in [1.165, 1.54) is 24.3 Å². The van der Waals surface area contributed by atoms with E-state index in [0.717, 1.165) is 6.07 Å². The molecule has 112 valence electrons. The van der Waals surface area contributed by atoms with Gasteiger partial charge in [-0.1, -0.05) is 34.8 Å². The predicted molar refractivity (Wildman–Crippen MR) is 83.1 cm³/mol. The van der Waals surface area contributed by atoms with Crippen LogP contribution in [0.2, 0.25) is 15.1 Å². The van der Waals surface area contributed by atoms with Crippen LogP contribution < -0.4 is 10.5 Å². The standard InChI is InChI=1S/C12H8Cl3FN2O2S/c13-6-1-3-9(8(16)5-6)18-21(19,20)10-4-2-7(14)12(17)11(10)15/h1-5,18H,17H2. The van der Waals surface area contributed by atoms with E-state index in [1.54, 1.807) is 0 Å². The summed E-state index contributed by atoms with van der Waals surface area (Å²) in [5, 5.41) is 0.0326. The van der Waals surface area contributed by atoms with Crippen molar-refractivity contribution >= 4 is 56.2 Å². The normalized spacial score (nSPS) is 11.4. The highest BCUT2D eigenvalue weighted by molar-refractivity contribution is 7.92. The summed E-state index contributed by atoms with van der Waals surface area (Å²) in [6.45, 7) is 0. The molecule has 4 nitrogen and oxygen atoms in total. The lowest BCUT2D eigenvalue weighted by Gasteiger charge is -2.12. The molecule has 0 saturated heterocycles. The van der Waals surface area contributed by atoms with E-state index in [-0.39, 0.29) is 31.3 Å². The average molecular weight is 370 g/mol. The van der Waals surface area contributed by atoms with E-state index in [9.17, 15) is 12.8 Å². The van der Waals surface area contributed by atoms with Crippen molar-refractivity contribution in [2.75, 3.05) is 10.5 Å². The molecular formula is C12H8Cl3FN2O2S. The highest BCUT2D eigenvalue weighted by atomic mass is 35.5. The average Bonchev–Trinajstić information content (AvgIpc) is 2.39. The zero-order valence-electron chi connectivity index (χ0n) is 10.2. The third-order valence-corrected chi connectivity index (χ3v) is 5.05. The van der Waals surface area contributed by atoms with E-state index in [1.807, 2.05) is 0 Å². The Morgan fingerprint density at radius 3 is 2.38 bits per heavy atom. The first-order valence-corrected chi connectivity index (χ1v) is 8.05. The maximum absolute atomic E-state index is 13.7. The molecule has 0 radical (unpaired) electrons. The molecule has 0 spiro atoms. The molecule has 9 heteroatoms. The summed E-state index contributed by atoms with van der Waals surface area (Å²) in [4.78, 5) is -0.305. The maximum Gasteiger partial charge on any atom is 0.263 e. The summed E-state index contributed by atoms with van der Waals surface area (Å²) < 4.78 is 40.2. The van der Waals surface area contributed by atoms with E-state index in [2.05, 4.69) is 4.72 Å². The summed E-state index contributed by atoms with van der Waals surface area (Å²) in [5.74, 6) is -0.816. The summed E-state index contributed by atoms with van der Waals surface area (Å²) in [5.41, 5.74) is 5.24. The molecule has 0 aromatic heterocycles. The van der Waals surface area contributed by atoms with E-state index in [0.29, 0.717) is 0 Å². The number of hydrogen-bond donors (Lipinski definition) is 2. The second-order valence-electron chi connectivity index (χ2n) is 4.00. The molecule has 0 amide bonds. The first-order chi connectivity index (χ1) is 9.72. The number of nitrogen functional groups attached to an aromatic ring is 1. The molecule has 0 saturated carbocycles. The van der Waals surface area contributed by atoms with Crippen molar-refractivity contribution in [1.29, 1.82) is 0 Å². The van der Waals surface area contributed by atoms with E-state index in [4.69, 9.17) is 40.5 Å². The van der Waals surface area contributed by atoms with Crippen molar-refractivity contribution in [1.82, 2.24) is 0 Å². The van der Waals surface area contributed by atoms with Crippen molar-refractivity contribution in [3.05, 3.63) is 51.2 Å². The maximum atomic E-state index is 13.7. The number of benzene rings is 2. The molecular weight excluding hydrogens is 362 g/mol. The van der Waals surface area contributed by atoms with Crippen molar-refractivity contribution in [2.24, 2.45) is 0 Å². The molecule has 3 N–H and O–H groups in total. The van der Waals surface area contributed by atoms with Gasteiger partial charge >= 0.3 is 0 Å². The second-order valence-corrected chi connectivity index (χ2v) is 6.88. The van der Waals surface area contributed by atoms with Crippen LogP contribution in [0.15, 0.2) is 35.2 Å². The fourth-order valence-corrected chi connectivity index (χ4v) is 3.52. The van der Waals surface area contributed by atoms with Crippen LogP contribution >= 0.6 is 34.8 Å². The van der Waals surface area contributed by atoms with Gasteiger partial charge < -0.3 is 5.73 Å². The van der Waals surface area contributed by atoms with Gasteiger partial charge in [0.25, 0.3) is 10.0 Å². The van der Waals surface area contributed by atoms with Gasteiger partial charge in [0.1, 0.15) is 10.7 Å². The Bertz CT molecular complexity index is 812. The number of hydrogen-bond acceptors (Lipinski definition) is 3. The molecule has 2 rings (SSSR count). The number of sulfonamides is 1. The summed E-state index contributed by atoms with van der Waals surface area (Å²) in [6, 6.07) is 5.99. The third-order valence-electron chi connectivity index (χ3n) is 2.56. The SMILES string of the molecule is Nc1c(Cl)ccc(S(=O)(=O)Nc2ccc(Cl)cc2F)c1Cl. The largest absolute Gasteiger partial charge is 0.396 e. The molecule has 0 bridgehead atoms. The molecule has 2 aromatic rings. The number of nitrogens with one attached hydrogen (secondary N) is 1. The molecule has 0 heterocycles. The highest BCUT2D eigenvalue weighted by Crippen LogP contribution is 2.34. The topological polar surface area (TPSA) is 72.2 Å². The van der Waals surface area contributed by atoms with Crippen LogP contribution in [0.25, 0.3) is 0 Å². The quantitative estimate of drug-likeness (QED) is 0.798. The minimum atomic E-state index is -4.12. The van der Waals surface area contributed by atoms with Crippen molar-refractivity contribution in [3.63, 3.8) is 0 Å². The van der Waals surface area contributed by atoms with Gasteiger partial charge in [-0.25, -0.2) is 12.8 Å². The lowest BCUT2D eigenvalue weighted by Crippen LogP contribution is -2.15. The predicted octanol–water partition coefficient (Wildman–Crippen LogP) is 4.17. The van der Waals surface area contributed by atoms with Gasteiger partial charge in [0.2, 0.25) is 0 Å². The molecule has 0 aliphatic heterocycles. The van der Waals surface area contributed by atoms with E-state index < -0.39 is 15.8 Å². The fraction of sp³-hybridized carbons (Fsp3) is 0. The van der Waals surface area contributed by atoms with Gasteiger partial charge in [-0.3, -0.25) is 4.72 Å². The number of nitrogens with two attached hydrogens (primary N) is 1. The first kappa shape index (κ1) is 16.2. The fourth-order valence-electron chi connectivity index (χ4n) is 1.53. The number of anilines is 2. The van der Waals surface area contributed by atoms with Gasteiger partial charge in [-0.2, -0.15) is 0 Å². The van der Waals surface area contributed by atoms with Crippen LogP contribution in [0.4, 0.5) is 15.8 Å². The summed E-state index contributed by atoms with van der Waals surface area (Å²) >= 11 is 17.2. The van der Waals surface area contributed by atoms with Gasteiger partial charge in [0.15, 0.2) is 0 Å². The third kappa shape index (κ3) is 3.35. The Kier molecular flexibility index (Phi) is 4.53. The van der Waals surface area contributed by atoms with Crippen molar-refractivity contribution < 1.29 is 12.8 Å². The lowest BCUT2D eigenvalue weighted by atomic mass is 10.3. The first-order valence-electron chi connectivity index (χ1n) is 5.43. The Labute approximate surface area is 135 Å². The molecule has 0 aliphatic rings. The Hall–Kier alpha value is -1.21. The van der Waals surface area contributed by atoms with E-state index >= 15 is 0 Å². The van der Waals surface area contributed by atoms with Crippen LogP contribution in [-0.4, -0.2) is 8.42 Å². The zero-order valence-corrected chi connectivity index (χ0v) is 13.3. The van der Waals surface area contributed by atoms with Crippen LogP contribution in [-0.2, 0) is 10.0 Å². The van der Waals surface area contributed by atoms with Crippen LogP contribution in [0, 0.1) is 5.82 Å². The minimum Gasteiger partial charge on any atom is -0.396 e. The number of rotatable bonds is 3. The second kappa shape index (κ2) is 5.88. The highest BCUT2D eigenvalue weighted by Gasteiger charge is 2.22. The van der Waals surface area contributed by atoms with Crippen LogP contribution in [0.3, 0.4) is 0 Å². The van der Waals surface area contributed by atoms with Gasteiger partial charge in [-0.05, 0) is 30.3 Å². The summed E-state index contributed by atoms with van der Waals surface area (Å²) in [7, 11) is -4.12. The monoisotopic (exact) mass is 368 g/mol. The molecule has 0 atom stereocenters. The van der Waals surface area contributed by atoms with Gasteiger partial charge in [-0.15, -0.1) is 0 Å². The van der Waals surface area contributed by atoms with Crippen LogP contribution in [0.1, 0.15) is 0 Å². The Morgan fingerprint density at radius 2 is 1.76 bits per heavy atom. The summed E-state index contributed by atoms with van der Waals surface area (Å²) in [6.07, 6.45) is 0. The lowest BCUT2D eigenvalue weighted by molar-refractivity contribution is 0.598. The Balaban J connectivity index is 2.46. The van der Waals surface area contributed by atoms with Gasteiger partial charge in [0, 0.05) is 5.02 Å². The van der Waals surface area contributed by atoms with Gasteiger partial charge in [0.05, 0.1) is 21.4 Å². The molecule has 2 aromatic carbocycles. The Morgan fingerprint density at radius 1 is 1.10 bits per heavy atom.